The van der Waals surface area contributed by atoms with Gasteiger partial charge in [0.15, 0.2) is 23.6 Å². The molecule has 2 aromatic rings. The summed E-state index contributed by atoms with van der Waals surface area (Å²) in [6.07, 6.45) is 4.02. The van der Waals surface area contributed by atoms with Crippen molar-refractivity contribution in [3.05, 3.63) is 70.0 Å². The first-order valence-corrected chi connectivity index (χ1v) is 11.1. The molecule has 0 aromatic heterocycles. The third-order valence-electron chi connectivity index (χ3n) is 5.94. The number of ketones is 3. The van der Waals surface area contributed by atoms with Crippen molar-refractivity contribution >= 4 is 29.1 Å². The number of rotatable bonds is 8. The molecule has 172 valence electrons. The number of Topliss-reactive ketones (excluding diaryl/α,β-unsaturated/α-hetero) is 3. The summed E-state index contributed by atoms with van der Waals surface area (Å²) in [4.78, 5) is 37.8. The third-order valence-corrected chi connectivity index (χ3v) is 5.94. The second kappa shape index (κ2) is 10.2. The lowest BCUT2D eigenvalue weighted by molar-refractivity contribution is -0.155. The van der Waals surface area contributed by atoms with Gasteiger partial charge in [-0.15, -0.1) is 0 Å². The smallest absolute Gasteiger partial charge is 0.188 e. The Bertz CT molecular complexity index is 1100. The van der Waals surface area contributed by atoms with Gasteiger partial charge in [-0.05, 0) is 54.2 Å². The maximum atomic E-state index is 13.9. The molecule has 1 N–H and O–H groups in total. The molecule has 33 heavy (non-hydrogen) atoms. The Morgan fingerprint density at radius 2 is 1.94 bits per heavy atom. The van der Waals surface area contributed by atoms with Crippen LogP contribution in [0.4, 0.5) is 10.1 Å². The van der Waals surface area contributed by atoms with Crippen molar-refractivity contribution in [3.63, 3.8) is 0 Å². The average molecular weight is 451 g/mol. The largest absolute Gasteiger partial charge is 0.388 e. The molecule has 1 unspecified atom stereocenters. The minimum absolute atomic E-state index is 0.0159. The molecule has 2 aliphatic rings. The number of halogens is 1. The SMILES string of the molecule is CNc1cc(F)cc2c1CC(=O)C(C(=O)Cc1ccc(C(=O)COC3CCCCO3)cc1)=C2. The van der Waals surface area contributed by atoms with Gasteiger partial charge in [0.1, 0.15) is 12.4 Å². The van der Waals surface area contributed by atoms with E-state index < -0.39 is 5.82 Å². The summed E-state index contributed by atoms with van der Waals surface area (Å²) in [5, 5.41) is 2.89. The van der Waals surface area contributed by atoms with Gasteiger partial charge in [-0.25, -0.2) is 4.39 Å². The lowest BCUT2D eigenvalue weighted by Crippen LogP contribution is -2.25. The molecule has 4 rings (SSSR count). The number of hydrogen-bond donors (Lipinski definition) is 1. The molecular formula is C26H26FNO5. The monoisotopic (exact) mass is 451 g/mol. The minimum Gasteiger partial charge on any atom is -0.388 e. The standard InChI is InChI=1S/C26H26FNO5/c1-28-22-13-19(27)11-18-12-21(24(30)14-20(18)22)23(29)10-16-5-7-17(8-6-16)25(31)15-33-26-4-2-3-9-32-26/h5-8,11-13,26,28H,2-4,9-10,14-15H2,1H3. The third kappa shape index (κ3) is 5.43. The Morgan fingerprint density at radius 1 is 1.15 bits per heavy atom. The van der Waals surface area contributed by atoms with E-state index in [-0.39, 0.29) is 48.7 Å². The topological polar surface area (TPSA) is 81.7 Å². The maximum Gasteiger partial charge on any atom is 0.188 e. The van der Waals surface area contributed by atoms with Crippen molar-refractivity contribution in [1.82, 2.24) is 0 Å². The summed E-state index contributed by atoms with van der Waals surface area (Å²) < 4.78 is 24.9. The molecule has 0 radical (unpaired) electrons. The number of fused-ring (bicyclic) bond motifs is 1. The van der Waals surface area contributed by atoms with E-state index in [0.717, 1.165) is 19.3 Å². The zero-order valence-electron chi connectivity index (χ0n) is 18.5. The van der Waals surface area contributed by atoms with Gasteiger partial charge in [0, 0.05) is 37.7 Å². The van der Waals surface area contributed by atoms with E-state index in [1.807, 2.05) is 0 Å². The fraction of sp³-hybridized carbons (Fsp3) is 0.346. The van der Waals surface area contributed by atoms with Gasteiger partial charge >= 0.3 is 0 Å². The van der Waals surface area contributed by atoms with Crippen LogP contribution in [0.2, 0.25) is 0 Å². The van der Waals surface area contributed by atoms with E-state index in [2.05, 4.69) is 5.32 Å². The normalized spacial score (nSPS) is 17.8. The fourth-order valence-corrected chi connectivity index (χ4v) is 4.12. The van der Waals surface area contributed by atoms with Crippen LogP contribution in [-0.4, -0.2) is 43.9 Å². The molecular weight excluding hydrogens is 425 g/mol. The van der Waals surface area contributed by atoms with E-state index in [0.29, 0.717) is 34.5 Å². The lowest BCUT2D eigenvalue weighted by Gasteiger charge is -2.22. The highest BCUT2D eigenvalue weighted by Crippen LogP contribution is 2.30. The van der Waals surface area contributed by atoms with Gasteiger partial charge in [-0.1, -0.05) is 24.3 Å². The van der Waals surface area contributed by atoms with Gasteiger partial charge in [-0.2, -0.15) is 0 Å². The zero-order valence-corrected chi connectivity index (χ0v) is 18.5. The summed E-state index contributed by atoms with van der Waals surface area (Å²) in [5.74, 6) is -1.22. The van der Waals surface area contributed by atoms with Crippen LogP contribution in [0, 0.1) is 5.82 Å². The van der Waals surface area contributed by atoms with Crippen LogP contribution in [0.1, 0.15) is 46.3 Å². The molecule has 6 nitrogen and oxygen atoms in total. The van der Waals surface area contributed by atoms with Crippen molar-refractivity contribution in [1.29, 1.82) is 0 Å². The maximum absolute atomic E-state index is 13.9. The number of anilines is 1. The first-order chi connectivity index (χ1) is 15.9. The summed E-state index contributed by atoms with van der Waals surface area (Å²) in [5.41, 5.74) is 2.99. The van der Waals surface area contributed by atoms with Gasteiger partial charge in [0.05, 0.1) is 5.57 Å². The number of nitrogens with one attached hydrogen (secondary N) is 1. The second-order valence-electron chi connectivity index (χ2n) is 8.26. The second-order valence-corrected chi connectivity index (χ2v) is 8.26. The molecule has 1 aliphatic heterocycles. The van der Waals surface area contributed by atoms with E-state index in [1.165, 1.54) is 18.2 Å². The summed E-state index contributed by atoms with van der Waals surface area (Å²) in [6, 6.07) is 9.36. The van der Waals surface area contributed by atoms with E-state index in [1.54, 1.807) is 31.3 Å². The Morgan fingerprint density at radius 3 is 2.64 bits per heavy atom. The molecule has 7 heteroatoms. The first kappa shape index (κ1) is 23.0. The van der Waals surface area contributed by atoms with Crippen LogP contribution in [0.5, 0.6) is 0 Å². The predicted molar refractivity (Wildman–Crippen MR) is 122 cm³/mol. The number of carbonyl (C=O) groups excluding carboxylic acids is 3. The van der Waals surface area contributed by atoms with E-state index in [9.17, 15) is 18.8 Å². The molecule has 0 saturated carbocycles. The average Bonchev–Trinajstić information content (AvgIpc) is 2.83. The zero-order chi connectivity index (χ0) is 23.4. The quantitative estimate of drug-likeness (QED) is 0.484. The molecule has 2 aromatic carbocycles. The fourth-order valence-electron chi connectivity index (χ4n) is 4.12. The highest BCUT2D eigenvalue weighted by Gasteiger charge is 2.26. The Kier molecular flexibility index (Phi) is 7.11. The van der Waals surface area contributed by atoms with Crippen LogP contribution >= 0.6 is 0 Å². The molecule has 1 atom stereocenters. The number of hydrogen-bond acceptors (Lipinski definition) is 6. The summed E-state index contributed by atoms with van der Waals surface area (Å²) in [6.45, 7) is 0.590. The molecule has 1 heterocycles. The van der Waals surface area contributed by atoms with Crippen molar-refractivity contribution < 1.29 is 28.2 Å². The van der Waals surface area contributed by atoms with E-state index >= 15 is 0 Å². The van der Waals surface area contributed by atoms with Crippen LogP contribution < -0.4 is 5.32 Å². The minimum atomic E-state index is -0.435. The van der Waals surface area contributed by atoms with Gasteiger partial charge < -0.3 is 14.8 Å². The molecule has 0 bridgehead atoms. The van der Waals surface area contributed by atoms with Crippen LogP contribution in [0.15, 0.2) is 42.0 Å². The first-order valence-electron chi connectivity index (χ1n) is 11.1. The van der Waals surface area contributed by atoms with Crippen LogP contribution in [0.3, 0.4) is 0 Å². The summed E-state index contributed by atoms with van der Waals surface area (Å²) in [7, 11) is 1.66. The Hall–Kier alpha value is -3.16. The summed E-state index contributed by atoms with van der Waals surface area (Å²) >= 11 is 0. The Labute approximate surface area is 191 Å². The number of ether oxygens (including phenoxy) is 2. The van der Waals surface area contributed by atoms with Crippen LogP contribution in [-0.2, 0) is 31.9 Å². The van der Waals surface area contributed by atoms with Gasteiger partial charge in [0.25, 0.3) is 0 Å². The van der Waals surface area contributed by atoms with Crippen molar-refractivity contribution in [2.24, 2.45) is 0 Å². The molecule has 1 aliphatic carbocycles. The molecule has 1 fully saturated rings. The highest BCUT2D eigenvalue weighted by molar-refractivity contribution is 6.25. The van der Waals surface area contributed by atoms with Crippen LogP contribution in [0.25, 0.3) is 6.08 Å². The molecule has 0 amide bonds. The number of benzene rings is 2. The van der Waals surface area contributed by atoms with E-state index in [4.69, 9.17) is 9.47 Å². The van der Waals surface area contributed by atoms with Crippen molar-refractivity contribution in [2.75, 3.05) is 25.6 Å². The number of allylic oxidation sites excluding steroid dienone is 1. The predicted octanol–water partition coefficient (Wildman–Crippen LogP) is 3.91. The van der Waals surface area contributed by atoms with Crippen molar-refractivity contribution in [3.8, 4) is 0 Å². The molecule has 1 saturated heterocycles. The molecule has 0 spiro atoms. The number of carbonyl (C=O) groups is 3. The van der Waals surface area contributed by atoms with Gasteiger partial charge in [-0.3, -0.25) is 14.4 Å². The van der Waals surface area contributed by atoms with Gasteiger partial charge in [0.2, 0.25) is 0 Å². The van der Waals surface area contributed by atoms with Crippen molar-refractivity contribution in [2.45, 2.75) is 38.4 Å². The Balaban J connectivity index is 1.40. The lowest BCUT2D eigenvalue weighted by atomic mass is 9.86. The highest BCUT2D eigenvalue weighted by atomic mass is 19.1.